The van der Waals surface area contributed by atoms with Gasteiger partial charge >= 0.3 is 12.0 Å². The molecular weight excluding hydrogens is 298 g/mol. The van der Waals surface area contributed by atoms with Crippen LogP contribution in [0.5, 0.6) is 0 Å². The Labute approximate surface area is 126 Å². The van der Waals surface area contributed by atoms with Crippen LogP contribution in [0.3, 0.4) is 0 Å². The number of amides is 3. The van der Waals surface area contributed by atoms with E-state index in [1.54, 1.807) is 14.1 Å². The Morgan fingerprint density at radius 1 is 1.29 bits per heavy atom. The number of nitrogens with zero attached hydrogens (tertiary/aromatic N) is 1. The van der Waals surface area contributed by atoms with Gasteiger partial charge in [-0.3, -0.25) is 4.79 Å². The third kappa shape index (κ3) is 5.31. The average molecular weight is 314 g/mol. The van der Waals surface area contributed by atoms with Gasteiger partial charge < -0.3 is 20.6 Å². The van der Waals surface area contributed by atoms with Crippen LogP contribution in [0.25, 0.3) is 0 Å². The summed E-state index contributed by atoms with van der Waals surface area (Å²) >= 11 is 5.88. The molecule has 0 fully saturated rings. The molecule has 7 nitrogen and oxygen atoms in total. The van der Waals surface area contributed by atoms with Crippen molar-refractivity contribution in [1.29, 1.82) is 0 Å². The van der Waals surface area contributed by atoms with Crippen molar-refractivity contribution in [1.82, 2.24) is 10.2 Å². The number of benzene rings is 1. The monoisotopic (exact) mass is 313 g/mol. The number of rotatable bonds is 5. The van der Waals surface area contributed by atoms with E-state index in [9.17, 15) is 14.4 Å². The summed E-state index contributed by atoms with van der Waals surface area (Å²) in [7, 11) is 3.26. The van der Waals surface area contributed by atoms with Crippen LogP contribution in [0.2, 0.25) is 5.02 Å². The molecule has 0 heterocycles. The minimum Gasteiger partial charge on any atom is -0.478 e. The van der Waals surface area contributed by atoms with Crippen LogP contribution in [-0.4, -0.2) is 48.6 Å². The fourth-order valence-electron chi connectivity index (χ4n) is 1.42. The maximum absolute atomic E-state index is 11.6. The number of carbonyl (C=O) groups is 3. The Morgan fingerprint density at radius 3 is 2.48 bits per heavy atom. The van der Waals surface area contributed by atoms with Crippen molar-refractivity contribution in [3.8, 4) is 0 Å². The molecule has 114 valence electrons. The van der Waals surface area contributed by atoms with Gasteiger partial charge in [-0.2, -0.15) is 0 Å². The van der Waals surface area contributed by atoms with Gasteiger partial charge in [-0.1, -0.05) is 11.6 Å². The predicted molar refractivity (Wildman–Crippen MR) is 78.7 cm³/mol. The number of hydrogen-bond donors (Lipinski definition) is 3. The Morgan fingerprint density at radius 2 is 1.95 bits per heavy atom. The first-order chi connectivity index (χ1) is 9.81. The molecule has 3 N–H and O–H groups in total. The van der Waals surface area contributed by atoms with Gasteiger partial charge in [0.2, 0.25) is 5.91 Å². The first-order valence-corrected chi connectivity index (χ1v) is 6.47. The molecule has 1 aromatic carbocycles. The maximum Gasteiger partial charge on any atom is 0.335 e. The molecule has 0 aliphatic carbocycles. The summed E-state index contributed by atoms with van der Waals surface area (Å²) in [4.78, 5) is 35.1. The maximum atomic E-state index is 11.6. The molecule has 0 bridgehead atoms. The molecule has 0 atom stereocenters. The highest BCUT2D eigenvalue weighted by Gasteiger charge is 2.10. The van der Waals surface area contributed by atoms with Crippen LogP contribution in [0.1, 0.15) is 16.8 Å². The third-order valence-corrected chi connectivity index (χ3v) is 2.90. The summed E-state index contributed by atoms with van der Waals surface area (Å²) in [6.45, 7) is 0.188. The number of urea groups is 1. The van der Waals surface area contributed by atoms with E-state index < -0.39 is 12.0 Å². The summed E-state index contributed by atoms with van der Waals surface area (Å²) in [5.41, 5.74) is 0.320. The lowest BCUT2D eigenvalue weighted by atomic mass is 10.2. The quantitative estimate of drug-likeness (QED) is 0.769. The van der Waals surface area contributed by atoms with Crippen LogP contribution < -0.4 is 10.6 Å². The summed E-state index contributed by atoms with van der Waals surface area (Å²) < 4.78 is 0. The van der Waals surface area contributed by atoms with Gasteiger partial charge in [0.05, 0.1) is 16.3 Å². The largest absolute Gasteiger partial charge is 0.478 e. The zero-order chi connectivity index (χ0) is 16.0. The molecule has 0 spiro atoms. The molecule has 0 aliphatic rings. The molecule has 8 heteroatoms. The Kier molecular flexibility index (Phi) is 5.98. The number of aromatic carboxylic acids is 1. The smallest absolute Gasteiger partial charge is 0.335 e. The molecule has 0 aromatic heterocycles. The molecule has 0 saturated carbocycles. The van der Waals surface area contributed by atoms with E-state index in [0.717, 1.165) is 0 Å². The Hall–Kier alpha value is -2.28. The number of anilines is 1. The van der Waals surface area contributed by atoms with E-state index in [4.69, 9.17) is 16.7 Å². The topological polar surface area (TPSA) is 98.7 Å². The molecular formula is C13H16ClN3O4. The van der Waals surface area contributed by atoms with Crippen molar-refractivity contribution >= 4 is 35.2 Å². The summed E-state index contributed by atoms with van der Waals surface area (Å²) in [5, 5.41) is 13.9. The third-order valence-electron chi connectivity index (χ3n) is 2.59. The second-order valence-corrected chi connectivity index (χ2v) is 4.83. The molecule has 1 aromatic rings. The predicted octanol–water partition coefficient (Wildman–Crippen LogP) is 1.64. The minimum absolute atomic E-state index is 0.0301. The van der Waals surface area contributed by atoms with Gasteiger partial charge in [-0.05, 0) is 18.2 Å². The number of hydrogen-bond acceptors (Lipinski definition) is 3. The zero-order valence-corrected chi connectivity index (χ0v) is 12.4. The highest BCUT2D eigenvalue weighted by molar-refractivity contribution is 6.34. The molecule has 0 saturated heterocycles. The molecule has 0 aliphatic heterocycles. The van der Waals surface area contributed by atoms with Gasteiger partial charge in [-0.15, -0.1) is 0 Å². The van der Waals surface area contributed by atoms with E-state index in [1.165, 1.54) is 23.1 Å². The molecule has 0 radical (unpaired) electrons. The second-order valence-electron chi connectivity index (χ2n) is 4.42. The SMILES string of the molecule is CN(C)C(=O)CCNC(=O)Nc1ccc(C(=O)O)cc1Cl. The van der Waals surface area contributed by atoms with Crippen molar-refractivity contribution < 1.29 is 19.5 Å². The summed E-state index contributed by atoms with van der Waals surface area (Å²) in [5.74, 6) is -1.20. The number of carboxylic acids is 1. The zero-order valence-electron chi connectivity index (χ0n) is 11.6. The van der Waals surface area contributed by atoms with Crippen LogP contribution in [0.15, 0.2) is 18.2 Å². The highest BCUT2D eigenvalue weighted by atomic mass is 35.5. The lowest BCUT2D eigenvalue weighted by Gasteiger charge is -2.11. The van der Waals surface area contributed by atoms with Gasteiger partial charge in [0.25, 0.3) is 0 Å². The minimum atomic E-state index is -1.10. The van der Waals surface area contributed by atoms with E-state index >= 15 is 0 Å². The van der Waals surface area contributed by atoms with Crippen LogP contribution in [-0.2, 0) is 4.79 Å². The van der Waals surface area contributed by atoms with Crippen molar-refractivity contribution in [2.75, 3.05) is 26.0 Å². The van der Waals surface area contributed by atoms with Crippen LogP contribution in [0.4, 0.5) is 10.5 Å². The van der Waals surface area contributed by atoms with Gasteiger partial charge in [-0.25, -0.2) is 9.59 Å². The van der Waals surface area contributed by atoms with Gasteiger partial charge in [0, 0.05) is 27.1 Å². The van der Waals surface area contributed by atoms with Crippen molar-refractivity contribution in [3.05, 3.63) is 28.8 Å². The highest BCUT2D eigenvalue weighted by Crippen LogP contribution is 2.22. The van der Waals surface area contributed by atoms with E-state index in [2.05, 4.69) is 10.6 Å². The van der Waals surface area contributed by atoms with Crippen molar-refractivity contribution in [2.24, 2.45) is 0 Å². The van der Waals surface area contributed by atoms with Crippen molar-refractivity contribution in [2.45, 2.75) is 6.42 Å². The van der Waals surface area contributed by atoms with Crippen molar-refractivity contribution in [3.63, 3.8) is 0 Å². The van der Waals surface area contributed by atoms with E-state index in [1.807, 2.05) is 0 Å². The fraction of sp³-hybridized carbons (Fsp3) is 0.308. The molecule has 21 heavy (non-hydrogen) atoms. The van der Waals surface area contributed by atoms with Gasteiger partial charge in [0.15, 0.2) is 0 Å². The Bertz CT molecular complexity index is 560. The van der Waals surface area contributed by atoms with E-state index in [0.29, 0.717) is 0 Å². The summed E-state index contributed by atoms with van der Waals surface area (Å²) in [6.07, 6.45) is 0.187. The Balaban J connectivity index is 2.52. The van der Waals surface area contributed by atoms with Crippen LogP contribution in [0, 0.1) is 0 Å². The fourth-order valence-corrected chi connectivity index (χ4v) is 1.65. The molecule has 1 rings (SSSR count). The number of nitrogens with one attached hydrogen (secondary N) is 2. The van der Waals surface area contributed by atoms with E-state index in [-0.39, 0.29) is 35.1 Å². The number of halogens is 1. The molecule has 3 amide bonds. The average Bonchev–Trinajstić information content (AvgIpc) is 2.40. The van der Waals surface area contributed by atoms with Crippen LogP contribution >= 0.6 is 11.6 Å². The first kappa shape index (κ1) is 16.8. The molecule has 0 unspecified atom stereocenters. The number of carbonyl (C=O) groups excluding carboxylic acids is 2. The first-order valence-electron chi connectivity index (χ1n) is 6.09. The number of carboxylic acid groups (broad SMARTS) is 1. The second kappa shape index (κ2) is 7.49. The normalized spacial score (nSPS) is 9.86. The summed E-state index contributed by atoms with van der Waals surface area (Å²) in [6, 6.07) is 3.46. The standard InChI is InChI=1S/C13H16ClN3O4/c1-17(2)11(18)5-6-15-13(21)16-10-4-3-8(12(19)20)7-9(10)14/h3-4,7H,5-6H2,1-2H3,(H,19,20)(H2,15,16,21). The lowest BCUT2D eigenvalue weighted by Crippen LogP contribution is -2.33. The van der Waals surface area contributed by atoms with Gasteiger partial charge in [0.1, 0.15) is 0 Å². The lowest BCUT2D eigenvalue weighted by molar-refractivity contribution is -0.128.